The lowest BCUT2D eigenvalue weighted by molar-refractivity contribution is -0.137. The van der Waals surface area contributed by atoms with E-state index in [-0.39, 0.29) is 27.6 Å². The number of halogens is 3. The van der Waals surface area contributed by atoms with Crippen LogP contribution in [-0.2, 0) is 21.6 Å². The van der Waals surface area contributed by atoms with Crippen LogP contribution in [0.2, 0.25) is 0 Å². The van der Waals surface area contributed by atoms with Crippen molar-refractivity contribution in [2.75, 3.05) is 0 Å². The Morgan fingerprint density at radius 3 is 2.15 bits per heavy atom. The van der Waals surface area contributed by atoms with Crippen molar-refractivity contribution in [3.63, 3.8) is 0 Å². The second kappa shape index (κ2) is 8.86. The van der Waals surface area contributed by atoms with E-state index in [0.29, 0.717) is 0 Å². The third kappa shape index (κ3) is 6.10. The van der Waals surface area contributed by atoms with Crippen molar-refractivity contribution < 1.29 is 31.1 Å². The third-order valence-corrected chi connectivity index (χ3v) is 5.94. The van der Waals surface area contributed by atoms with Crippen LogP contribution in [0.25, 0.3) is 0 Å². The summed E-state index contributed by atoms with van der Waals surface area (Å²) in [6.07, 6.45) is -4.55. The Balaban J connectivity index is 1.77. The molecule has 0 fully saturated rings. The van der Waals surface area contributed by atoms with Crippen LogP contribution in [-0.4, -0.2) is 19.3 Å². The molecule has 0 aliphatic carbocycles. The van der Waals surface area contributed by atoms with Crippen LogP contribution in [0.15, 0.2) is 71.6 Å². The summed E-state index contributed by atoms with van der Waals surface area (Å²) in [6, 6.07) is 14.2. The van der Waals surface area contributed by atoms with Crippen molar-refractivity contribution in [2.45, 2.75) is 37.3 Å². The highest BCUT2D eigenvalue weighted by atomic mass is 32.2. The van der Waals surface area contributed by atoms with Crippen LogP contribution in [0.5, 0.6) is 11.6 Å². The Bertz CT molecular complexity index is 1270. The van der Waals surface area contributed by atoms with E-state index in [4.69, 9.17) is 4.74 Å². The lowest BCUT2D eigenvalue weighted by atomic mass is 9.87. The van der Waals surface area contributed by atoms with Crippen LogP contribution in [0.3, 0.4) is 0 Å². The predicted octanol–water partition coefficient (Wildman–Crippen LogP) is 5.31. The molecule has 0 bridgehead atoms. The fraction of sp³-hybridized carbons (Fsp3) is 0.217. The molecule has 33 heavy (non-hydrogen) atoms. The van der Waals surface area contributed by atoms with Gasteiger partial charge in [0.2, 0.25) is 5.88 Å². The number of benzene rings is 2. The largest absolute Gasteiger partial charge is 0.439 e. The van der Waals surface area contributed by atoms with Gasteiger partial charge in [0.25, 0.3) is 15.9 Å². The number of nitrogens with zero attached hydrogens (tertiary/aromatic N) is 1. The van der Waals surface area contributed by atoms with Crippen LogP contribution in [0, 0.1) is 0 Å². The molecule has 0 atom stereocenters. The van der Waals surface area contributed by atoms with Crippen LogP contribution in [0.4, 0.5) is 13.2 Å². The van der Waals surface area contributed by atoms with E-state index in [1.807, 2.05) is 25.5 Å². The van der Waals surface area contributed by atoms with Crippen molar-refractivity contribution in [1.82, 2.24) is 9.71 Å². The van der Waals surface area contributed by atoms with Gasteiger partial charge in [-0.1, -0.05) is 45.0 Å². The molecule has 0 unspecified atom stereocenters. The smallest absolute Gasteiger partial charge is 0.416 e. The zero-order valence-corrected chi connectivity index (χ0v) is 18.8. The molecule has 3 aromatic rings. The maximum Gasteiger partial charge on any atom is 0.416 e. The van der Waals surface area contributed by atoms with Crippen LogP contribution in [0.1, 0.15) is 42.4 Å². The number of ether oxygens (including phenoxy) is 1. The van der Waals surface area contributed by atoms with E-state index >= 15 is 0 Å². The van der Waals surface area contributed by atoms with E-state index in [0.717, 1.165) is 17.7 Å². The van der Waals surface area contributed by atoms with Crippen molar-refractivity contribution in [1.29, 1.82) is 0 Å². The van der Waals surface area contributed by atoms with E-state index < -0.39 is 27.7 Å². The first kappa shape index (κ1) is 24.2. The first-order valence-corrected chi connectivity index (χ1v) is 11.2. The predicted molar refractivity (Wildman–Crippen MR) is 116 cm³/mol. The molecule has 10 heteroatoms. The molecule has 1 N–H and O–H groups in total. The summed E-state index contributed by atoms with van der Waals surface area (Å²) in [6.45, 7) is 5.95. The van der Waals surface area contributed by atoms with Gasteiger partial charge in [0.05, 0.1) is 10.5 Å². The molecule has 0 aliphatic rings. The Kier molecular flexibility index (Phi) is 6.51. The molecule has 0 aliphatic heterocycles. The number of nitrogens with one attached hydrogen (secondary N) is 1. The van der Waals surface area contributed by atoms with E-state index in [1.54, 1.807) is 12.1 Å². The van der Waals surface area contributed by atoms with Gasteiger partial charge in [-0.15, -0.1) is 0 Å². The molecule has 0 spiro atoms. The molecule has 0 radical (unpaired) electrons. The summed E-state index contributed by atoms with van der Waals surface area (Å²) in [4.78, 5) is 16.3. The maximum atomic E-state index is 12.9. The van der Waals surface area contributed by atoms with E-state index in [9.17, 15) is 26.4 Å². The van der Waals surface area contributed by atoms with Gasteiger partial charge in [-0.05, 0) is 47.4 Å². The lowest BCUT2D eigenvalue weighted by Gasteiger charge is -2.19. The number of sulfonamides is 1. The SMILES string of the molecule is CC(C)(C)c1ccc(S(=O)(=O)NC(=O)c2cccc(Oc3cccc(C(F)(F)F)c3)n2)cc1. The topological polar surface area (TPSA) is 85.4 Å². The third-order valence-electron chi connectivity index (χ3n) is 4.60. The van der Waals surface area contributed by atoms with Gasteiger partial charge in [0.1, 0.15) is 11.4 Å². The Labute approximate surface area is 189 Å². The van der Waals surface area contributed by atoms with Gasteiger partial charge in [-0.2, -0.15) is 13.2 Å². The van der Waals surface area contributed by atoms with Crippen molar-refractivity contribution in [3.8, 4) is 11.6 Å². The van der Waals surface area contributed by atoms with E-state index in [2.05, 4.69) is 4.98 Å². The Morgan fingerprint density at radius 1 is 0.909 bits per heavy atom. The quantitative estimate of drug-likeness (QED) is 0.537. The number of amides is 1. The number of hydrogen-bond donors (Lipinski definition) is 1. The first-order valence-electron chi connectivity index (χ1n) is 9.75. The molecule has 174 valence electrons. The zero-order valence-electron chi connectivity index (χ0n) is 18.0. The standard InChI is InChI=1S/C23H21F3N2O4S/c1-22(2,3)15-10-12-18(13-11-15)33(30,31)28-21(29)19-8-5-9-20(27-19)32-17-7-4-6-16(14-17)23(24,25)26/h4-14H,1-3H3,(H,28,29). The van der Waals surface area contributed by atoms with Gasteiger partial charge in [0.15, 0.2) is 0 Å². The van der Waals surface area contributed by atoms with Crippen molar-refractivity contribution in [3.05, 3.63) is 83.6 Å². The normalized spacial score (nSPS) is 12.3. The average Bonchev–Trinajstić information content (AvgIpc) is 2.73. The minimum atomic E-state index is -4.55. The van der Waals surface area contributed by atoms with Gasteiger partial charge < -0.3 is 4.74 Å². The first-order chi connectivity index (χ1) is 15.3. The molecule has 2 aromatic carbocycles. The van der Waals surface area contributed by atoms with Crippen molar-refractivity contribution in [2.24, 2.45) is 0 Å². The summed E-state index contributed by atoms with van der Waals surface area (Å²) in [5.41, 5.74) is -0.434. The zero-order chi connectivity index (χ0) is 24.4. The number of carbonyl (C=O) groups excluding carboxylic acids is 1. The molecular weight excluding hydrogens is 457 g/mol. The molecule has 0 saturated heterocycles. The number of alkyl halides is 3. The molecule has 1 heterocycles. The summed E-state index contributed by atoms with van der Waals surface area (Å²) in [7, 11) is -4.17. The highest BCUT2D eigenvalue weighted by Gasteiger charge is 2.30. The number of carbonyl (C=O) groups is 1. The van der Waals surface area contributed by atoms with Gasteiger partial charge >= 0.3 is 6.18 Å². The number of rotatable bonds is 5. The van der Waals surface area contributed by atoms with Crippen LogP contribution >= 0.6 is 0 Å². The molecule has 0 saturated carbocycles. The second-order valence-corrected chi connectivity index (χ2v) is 9.88. The van der Waals surface area contributed by atoms with Gasteiger partial charge in [-0.25, -0.2) is 18.1 Å². The minimum Gasteiger partial charge on any atom is -0.439 e. The second-order valence-electron chi connectivity index (χ2n) is 8.20. The number of pyridine rings is 1. The number of hydrogen-bond acceptors (Lipinski definition) is 5. The highest BCUT2D eigenvalue weighted by molar-refractivity contribution is 7.90. The van der Waals surface area contributed by atoms with Gasteiger partial charge in [-0.3, -0.25) is 4.79 Å². The molecule has 6 nitrogen and oxygen atoms in total. The van der Waals surface area contributed by atoms with Crippen LogP contribution < -0.4 is 9.46 Å². The highest BCUT2D eigenvalue weighted by Crippen LogP contribution is 2.32. The molecule has 3 rings (SSSR count). The molecule has 1 amide bonds. The Morgan fingerprint density at radius 2 is 1.55 bits per heavy atom. The average molecular weight is 478 g/mol. The fourth-order valence-corrected chi connectivity index (χ4v) is 3.78. The lowest BCUT2D eigenvalue weighted by Crippen LogP contribution is -2.31. The minimum absolute atomic E-state index is 0.0970. The monoisotopic (exact) mass is 478 g/mol. The maximum absolute atomic E-state index is 12.9. The summed E-state index contributed by atoms with van der Waals surface area (Å²) in [5.74, 6) is -1.32. The molecule has 1 aromatic heterocycles. The summed E-state index contributed by atoms with van der Waals surface area (Å²) >= 11 is 0. The molecular formula is C23H21F3N2O4S. The van der Waals surface area contributed by atoms with E-state index in [1.165, 1.54) is 42.5 Å². The summed E-state index contributed by atoms with van der Waals surface area (Å²) in [5, 5.41) is 0. The van der Waals surface area contributed by atoms with Crippen molar-refractivity contribution >= 4 is 15.9 Å². The summed E-state index contributed by atoms with van der Waals surface area (Å²) < 4.78 is 71.1. The Hall–Kier alpha value is -3.40. The van der Waals surface area contributed by atoms with Gasteiger partial charge in [0, 0.05) is 6.07 Å². The fourth-order valence-electron chi connectivity index (χ4n) is 2.82. The number of aromatic nitrogens is 1.